The highest BCUT2D eigenvalue weighted by molar-refractivity contribution is 5.91. The van der Waals surface area contributed by atoms with Gasteiger partial charge in [0, 0.05) is 18.0 Å². The Morgan fingerprint density at radius 2 is 2.27 bits per heavy atom. The fraction of sp³-hybridized carbons (Fsp3) is 0.889. The van der Waals surface area contributed by atoms with Crippen LogP contribution in [0, 0.1) is 5.41 Å². The quantitative estimate of drug-likeness (QED) is 0.514. The number of hydrogen-bond donors (Lipinski definition) is 0. The average Bonchev–Trinajstić information content (AvgIpc) is 2.37. The molecule has 2 nitrogen and oxygen atoms in total. The first-order chi connectivity index (χ1) is 5.11. The Kier molecular flexibility index (Phi) is 1.29. The molecule has 1 fully saturated rings. The molecule has 0 saturated carbocycles. The van der Waals surface area contributed by atoms with E-state index in [1.807, 2.05) is 0 Å². The summed E-state index contributed by atoms with van der Waals surface area (Å²) in [5, 5.41) is 0. The predicted molar refractivity (Wildman–Crippen MR) is 46.9 cm³/mol. The largest absolute Gasteiger partial charge is 0.355 e. The van der Waals surface area contributed by atoms with E-state index >= 15 is 0 Å². The molecule has 62 valence electrons. The lowest BCUT2D eigenvalue weighted by atomic mass is 9.90. The first kappa shape index (κ1) is 7.14. The zero-order valence-electron chi connectivity index (χ0n) is 7.59. The van der Waals surface area contributed by atoms with E-state index in [0.717, 1.165) is 13.1 Å². The van der Waals surface area contributed by atoms with Crippen LogP contribution in [0.1, 0.15) is 27.2 Å². The molecular weight excluding hydrogens is 136 g/mol. The van der Waals surface area contributed by atoms with E-state index in [4.69, 9.17) is 0 Å². The first-order valence-corrected chi connectivity index (χ1v) is 4.43. The lowest BCUT2D eigenvalue weighted by molar-refractivity contribution is 0.366. The topological polar surface area (TPSA) is 15.6 Å². The maximum Gasteiger partial charge on any atom is 0.105 e. The summed E-state index contributed by atoms with van der Waals surface area (Å²) in [5.74, 6) is 1.35. The van der Waals surface area contributed by atoms with Crippen molar-refractivity contribution < 1.29 is 0 Å². The Morgan fingerprint density at radius 1 is 1.55 bits per heavy atom. The Hall–Kier alpha value is -0.530. The van der Waals surface area contributed by atoms with Crippen LogP contribution >= 0.6 is 0 Å². The van der Waals surface area contributed by atoms with E-state index in [-0.39, 0.29) is 0 Å². The van der Waals surface area contributed by atoms with Crippen molar-refractivity contribution in [3.8, 4) is 0 Å². The lowest BCUT2D eigenvalue weighted by Crippen LogP contribution is -2.30. The van der Waals surface area contributed by atoms with Crippen LogP contribution in [0.5, 0.6) is 0 Å². The molecule has 1 saturated heterocycles. The summed E-state index contributed by atoms with van der Waals surface area (Å²) in [7, 11) is 0. The second kappa shape index (κ2) is 1.99. The minimum Gasteiger partial charge on any atom is -0.355 e. The van der Waals surface area contributed by atoms with Crippen molar-refractivity contribution >= 4 is 5.84 Å². The molecule has 11 heavy (non-hydrogen) atoms. The third-order valence-corrected chi connectivity index (χ3v) is 2.82. The van der Waals surface area contributed by atoms with Gasteiger partial charge in [0.05, 0.1) is 6.54 Å². The maximum absolute atomic E-state index is 4.54. The van der Waals surface area contributed by atoms with E-state index in [0.29, 0.717) is 11.5 Å². The fourth-order valence-electron chi connectivity index (χ4n) is 2.43. The van der Waals surface area contributed by atoms with Crippen LogP contribution in [0.2, 0.25) is 0 Å². The Morgan fingerprint density at radius 3 is 2.91 bits per heavy atom. The molecule has 2 rings (SSSR count). The second-order valence-corrected chi connectivity index (χ2v) is 4.34. The number of aliphatic imine (C=N–C) groups is 1. The minimum atomic E-state index is 0.343. The third kappa shape index (κ3) is 0.883. The standard InChI is InChI=1S/C9H16N2/c1-7-6-9(2,3)8-10-4-5-11(7)8/h7H,4-6H2,1-3H3/t7-/m0/s1. The molecule has 0 aromatic carbocycles. The van der Waals surface area contributed by atoms with Gasteiger partial charge in [-0.25, -0.2) is 0 Å². The van der Waals surface area contributed by atoms with Gasteiger partial charge >= 0.3 is 0 Å². The molecule has 2 aliphatic rings. The molecule has 2 aliphatic heterocycles. The van der Waals surface area contributed by atoms with Gasteiger partial charge in [-0.15, -0.1) is 0 Å². The fourth-order valence-corrected chi connectivity index (χ4v) is 2.43. The van der Waals surface area contributed by atoms with Gasteiger partial charge in [0.25, 0.3) is 0 Å². The van der Waals surface area contributed by atoms with E-state index in [9.17, 15) is 0 Å². The molecule has 2 heterocycles. The lowest BCUT2D eigenvalue weighted by Gasteiger charge is -2.19. The molecule has 0 aromatic heterocycles. The Bertz CT molecular complexity index is 206. The molecule has 0 unspecified atom stereocenters. The first-order valence-electron chi connectivity index (χ1n) is 4.43. The van der Waals surface area contributed by atoms with Crippen molar-refractivity contribution in [2.45, 2.75) is 33.2 Å². The number of rotatable bonds is 0. The Balaban J connectivity index is 2.32. The van der Waals surface area contributed by atoms with E-state index in [1.54, 1.807) is 0 Å². The highest BCUT2D eigenvalue weighted by atomic mass is 15.3. The number of nitrogens with zero attached hydrogens (tertiary/aromatic N) is 2. The van der Waals surface area contributed by atoms with Gasteiger partial charge in [-0.2, -0.15) is 0 Å². The summed E-state index contributed by atoms with van der Waals surface area (Å²) in [6, 6.07) is 0.714. The summed E-state index contributed by atoms with van der Waals surface area (Å²) < 4.78 is 0. The number of amidine groups is 1. The molecule has 0 aromatic rings. The highest BCUT2D eigenvalue weighted by Gasteiger charge is 2.42. The predicted octanol–water partition coefficient (Wildman–Crippen LogP) is 1.52. The molecule has 2 heteroatoms. The second-order valence-electron chi connectivity index (χ2n) is 4.34. The molecule has 0 spiro atoms. The van der Waals surface area contributed by atoms with Crippen LogP contribution < -0.4 is 0 Å². The van der Waals surface area contributed by atoms with Crippen LogP contribution in [0.3, 0.4) is 0 Å². The molecule has 1 atom stereocenters. The van der Waals surface area contributed by atoms with Crippen molar-refractivity contribution in [1.82, 2.24) is 4.90 Å². The summed E-state index contributed by atoms with van der Waals surface area (Å²) in [5.41, 5.74) is 0.343. The molecule has 0 bridgehead atoms. The van der Waals surface area contributed by atoms with Crippen molar-refractivity contribution in [3.05, 3.63) is 0 Å². The van der Waals surface area contributed by atoms with Crippen molar-refractivity contribution in [3.63, 3.8) is 0 Å². The molecule has 0 amide bonds. The van der Waals surface area contributed by atoms with Gasteiger partial charge in [0.15, 0.2) is 0 Å². The van der Waals surface area contributed by atoms with E-state index < -0.39 is 0 Å². The monoisotopic (exact) mass is 152 g/mol. The number of hydrogen-bond acceptors (Lipinski definition) is 2. The normalized spacial score (nSPS) is 33.9. The van der Waals surface area contributed by atoms with Crippen LogP contribution in [0.25, 0.3) is 0 Å². The SMILES string of the molecule is C[C@H]1CC(C)(C)C2=NCCN21. The third-order valence-electron chi connectivity index (χ3n) is 2.82. The summed E-state index contributed by atoms with van der Waals surface area (Å²) in [6.07, 6.45) is 1.27. The zero-order chi connectivity index (χ0) is 8.06. The van der Waals surface area contributed by atoms with Crippen LogP contribution in [-0.2, 0) is 0 Å². The van der Waals surface area contributed by atoms with Gasteiger partial charge in [-0.3, -0.25) is 4.99 Å². The van der Waals surface area contributed by atoms with Gasteiger partial charge < -0.3 is 4.90 Å². The molecule has 0 N–H and O–H groups in total. The van der Waals surface area contributed by atoms with Crippen molar-refractivity contribution in [2.75, 3.05) is 13.1 Å². The average molecular weight is 152 g/mol. The highest BCUT2D eigenvalue weighted by Crippen LogP contribution is 2.37. The van der Waals surface area contributed by atoms with Crippen LogP contribution in [-0.4, -0.2) is 29.9 Å². The summed E-state index contributed by atoms with van der Waals surface area (Å²) >= 11 is 0. The Labute approximate surface area is 68.3 Å². The smallest absolute Gasteiger partial charge is 0.105 e. The molecule has 0 aliphatic carbocycles. The molecule has 0 radical (unpaired) electrons. The molecular formula is C9H16N2. The minimum absolute atomic E-state index is 0.343. The van der Waals surface area contributed by atoms with Gasteiger partial charge in [-0.05, 0) is 13.3 Å². The van der Waals surface area contributed by atoms with Crippen molar-refractivity contribution in [1.29, 1.82) is 0 Å². The van der Waals surface area contributed by atoms with Crippen molar-refractivity contribution in [2.24, 2.45) is 10.4 Å². The van der Waals surface area contributed by atoms with Gasteiger partial charge in [-0.1, -0.05) is 13.8 Å². The zero-order valence-corrected chi connectivity index (χ0v) is 7.59. The van der Waals surface area contributed by atoms with Gasteiger partial charge in [0.1, 0.15) is 5.84 Å². The van der Waals surface area contributed by atoms with Crippen LogP contribution in [0.15, 0.2) is 4.99 Å². The maximum atomic E-state index is 4.54. The number of fused-ring (bicyclic) bond motifs is 1. The summed E-state index contributed by atoms with van der Waals surface area (Å²) in [6.45, 7) is 9.07. The summed E-state index contributed by atoms with van der Waals surface area (Å²) in [4.78, 5) is 7.00. The van der Waals surface area contributed by atoms with E-state index in [2.05, 4.69) is 30.7 Å². The van der Waals surface area contributed by atoms with E-state index in [1.165, 1.54) is 12.3 Å². The van der Waals surface area contributed by atoms with Gasteiger partial charge in [0.2, 0.25) is 0 Å². The van der Waals surface area contributed by atoms with Crippen LogP contribution in [0.4, 0.5) is 0 Å².